The van der Waals surface area contributed by atoms with E-state index in [2.05, 4.69) is 167 Å². The molecule has 1 aliphatic rings. The Hall–Kier alpha value is -6.20. The number of hydrogen-bond donors (Lipinski definition) is 2. The van der Waals surface area contributed by atoms with E-state index >= 15 is 0 Å². The lowest BCUT2D eigenvalue weighted by molar-refractivity contribution is -0.135. The van der Waals surface area contributed by atoms with Gasteiger partial charge in [-0.2, -0.15) is 21.6 Å². The molecule has 0 amide bonds. The summed E-state index contributed by atoms with van der Waals surface area (Å²) in [6.07, 6.45) is 4.97. The van der Waals surface area contributed by atoms with Gasteiger partial charge in [-0.15, -0.1) is 0 Å². The lowest BCUT2D eigenvalue weighted by Gasteiger charge is -2.31. The Morgan fingerprint density at radius 1 is 0.774 bits per heavy atom. The maximum Gasteiger partial charge on any atom is 0.389 e. The van der Waals surface area contributed by atoms with Gasteiger partial charge in [0.2, 0.25) is 0 Å². The maximum atomic E-state index is 13.0. The molecule has 2 N–H and O–H groups in total. The SMILES string of the molecule is CC/C=C(\c1ccc(S(=O)(=O)O)cc1CNCCCC(F)(F)F)C(c1ccc(-n2c3ccccc3c3ccccc32)cc1)C1C=CC(n2c3ccccc3c3ccccc32)=CC1. The summed E-state index contributed by atoms with van der Waals surface area (Å²) in [5, 5.41) is 7.82. The quantitative estimate of drug-likeness (QED) is 0.0895. The van der Waals surface area contributed by atoms with E-state index in [1.165, 1.54) is 33.7 Å². The number of nitrogens with one attached hydrogen (secondary N) is 1. The minimum Gasteiger partial charge on any atom is -0.313 e. The molecule has 0 fully saturated rings. The number of benzene rings is 6. The van der Waals surface area contributed by atoms with Crippen LogP contribution in [0.3, 0.4) is 0 Å². The minimum absolute atomic E-state index is 0.0300. The number of hydrogen-bond acceptors (Lipinski definition) is 3. The summed E-state index contributed by atoms with van der Waals surface area (Å²) in [6, 6.07) is 46.9. The third-order valence-corrected chi connectivity index (χ3v) is 12.9. The van der Waals surface area contributed by atoms with Gasteiger partial charge in [0, 0.05) is 51.8 Å². The number of rotatable bonds is 13. The van der Waals surface area contributed by atoms with Gasteiger partial charge >= 0.3 is 6.18 Å². The first-order valence-electron chi connectivity index (χ1n) is 21.0. The van der Waals surface area contributed by atoms with Gasteiger partial charge in [-0.1, -0.05) is 116 Å². The summed E-state index contributed by atoms with van der Waals surface area (Å²) >= 11 is 0. The van der Waals surface area contributed by atoms with Crippen LogP contribution in [0.25, 0.3) is 60.6 Å². The molecule has 62 heavy (non-hydrogen) atoms. The van der Waals surface area contributed by atoms with E-state index in [9.17, 15) is 26.1 Å². The third kappa shape index (κ3) is 8.01. The number of para-hydroxylation sites is 4. The van der Waals surface area contributed by atoms with Crippen LogP contribution in [0, 0.1) is 5.92 Å². The molecule has 8 aromatic rings. The average Bonchev–Trinajstić information content (AvgIpc) is 3.79. The molecule has 314 valence electrons. The van der Waals surface area contributed by atoms with Crippen molar-refractivity contribution < 1.29 is 26.1 Å². The zero-order valence-corrected chi connectivity index (χ0v) is 35.0. The lowest BCUT2D eigenvalue weighted by atomic mass is 9.74. The molecular formula is C52H46F3N3O3S. The van der Waals surface area contributed by atoms with E-state index < -0.39 is 22.7 Å². The molecule has 10 heteroatoms. The van der Waals surface area contributed by atoms with Crippen molar-refractivity contribution in [2.45, 2.75) is 56.1 Å². The summed E-state index contributed by atoms with van der Waals surface area (Å²) < 4.78 is 78.6. The molecule has 2 atom stereocenters. The van der Waals surface area contributed by atoms with Gasteiger partial charge < -0.3 is 14.5 Å². The number of fused-ring (bicyclic) bond motifs is 6. The van der Waals surface area contributed by atoms with Crippen molar-refractivity contribution >= 4 is 65.0 Å². The Labute approximate surface area is 359 Å². The van der Waals surface area contributed by atoms with Gasteiger partial charge in [0.05, 0.1) is 27.0 Å². The summed E-state index contributed by atoms with van der Waals surface area (Å²) in [5.41, 5.74) is 9.90. The van der Waals surface area contributed by atoms with Crippen LogP contribution in [0.4, 0.5) is 13.2 Å². The smallest absolute Gasteiger partial charge is 0.313 e. The predicted octanol–water partition coefficient (Wildman–Crippen LogP) is 13.3. The second kappa shape index (κ2) is 16.9. The van der Waals surface area contributed by atoms with E-state index in [1.807, 2.05) is 0 Å². The first-order chi connectivity index (χ1) is 30.0. The van der Waals surface area contributed by atoms with Crippen LogP contribution >= 0.6 is 0 Å². The highest BCUT2D eigenvalue weighted by Crippen LogP contribution is 2.45. The average molecular weight is 850 g/mol. The van der Waals surface area contributed by atoms with Crippen LogP contribution in [0.15, 0.2) is 169 Å². The van der Waals surface area contributed by atoms with Crippen molar-refractivity contribution in [1.82, 2.24) is 14.5 Å². The number of nitrogens with zero attached hydrogens (tertiary/aromatic N) is 2. The second-order valence-electron chi connectivity index (χ2n) is 16.0. The Bertz CT molecular complexity index is 3050. The van der Waals surface area contributed by atoms with E-state index in [-0.39, 0.29) is 36.2 Å². The third-order valence-electron chi connectivity index (χ3n) is 12.0. The summed E-state index contributed by atoms with van der Waals surface area (Å²) in [7, 11) is -4.56. The lowest BCUT2D eigenvalue weighted by Crippen LogP contribution is -2.20. The Morgan fingerprint density at radius 3 is 1.82 bits per heavy atom. The Kier molecular flexibility index (Phi) is 11.2. The summed E-state index contributed by atoms with van der Waals surface area (Å²) in [4.78, 5) is -0.271. The van der Waals surface area contributed by atoms with E-state index in [1.54, 1.807) is 6.07 Å². The van der Waals surface area contributed by atoms with Crippen LogP contribution in [-0.4, -0.2) is 34.8 Å². The second-order valence-corrected chi connectivity index (χ2v) is 17.4. The largest absolute Gasteiger partial charge is 0.389 e. The van der Waals surface area contributed by atoms with Crippen LogP contribution in [-0.2, 0) is 16.7 Å². The molecule has 0 aliphatic heterocycles. The zero-order valence-electron chi connectivity index (χ0n) is 34.2. The Morgan fingerprint density at radius 2 is 1.32 bits per heavy atom. The van der Waals surface area contributed by atoms with Gasteiger partial charge in [0.25, 0.3) is 10.1 Å². The van der Waals surface area contributed by atoms with E-state index in [0.29, 0.717) is 18.4 Å². The van der Waals surface area contributed by atoms with Crippen molar-refractivity contribution in [2.75, 3.05) is 6.54 Å². The van der Waals surface area contributed by atoms with Crippen LogP contribution in [0.1, 0.15) is 55.2 Å². The molecule has 0 radical (unpaired) electrons. The van der Waals surface area contributed by atoms with Crippen LogP contribution in [0.5, 0.6) is 0 Å². The fourth-order valence-electron chi connectivity index (χ4n) is 9.35. The molecule has 2 aromatic heterocycles. The molecule has 2 unspecified atom stereocenters. The fraction of sp³-hybridized carbons (Fsp3) is 0.192. The Balaban J connectivity index is 1.15. The summed E-state index contributed by atoms with van der Waals surface area (Å²) in [5.74, 6) is -0.243. The van der Waals surface area contributed by atoms with Crippen molar-refractivity contribution in [3.63, 3.8) is 0 Å². The van der Waals surface area contributed by atoms with Crippen LogP contribution < -0.4 is 5.32 Å². The monoisotopic (exact) mass is 849 g/mol. The first kappa shape index (κ1) is 41.2. The highest BCUT2D eigenvalue weighted by molar-refractivity contribution is 7.85. The van der Waals surface area contributed by atoms with Crippen molar-refractivity contribution in [1.29, 1.82) is 0 Å². The molecule has 0 saturated carbocycles. The molecule has 9 rings (SSSR count). The number of aromatic nitrogens is 2. The molecule has 0 spiro atoms. The summed E-state index contributed by atoms with van der Waals surface area (Å²) in [6.45, 7) is 2.24. The van der Waals surface area contributed by atoms with Gasteiger partial charge in [-0.25, -0.2) is 0 Å². The standard InChI is InChI=1S/C52H46F3N3O3S/c1-2-12-46(41-30-29-40(62(59,60)61)33-37(41)34-56-32-11-31-52(53,54)55)51(35-21-25-38(26-22-35)57-47-17-7-3-13-42(47)43-14-4-8-18-48(43)57)36-23-27-39(28-24-36)58-49-19-9-5-15-44(49)45-16-6-10-20-50(45)58/h3-10,12-23,25-30,33,36,51,56H,2,11,24,31-32,34H2,1H3,(H,59,60,61)/b46-12+. The minimum atomic E-state index is -4.56. The van der Waals surface area contributed by atoms with E-state index in [0.717, 1.165) is 50.2 Å². The van der Waals surface area contributed by atoms with E-state index in [4.69, 9.17) is 0 Å². The number of halogens is 3. The van der Waals surface area contributed by atoms with Gasteiger partial charge in [0.1, 0.15) is 0 Å². The molecule has 6 aromatic carbocycles. The molecule has 2 heterocycles. The van der Waals surface area contributed by atoms with Crippen molar-refractivity contribution in [3.05, 3.63) is 181 Å². The number of alkyl halides is 3. The number of allylic oxidation sites excluding steroid dienone is 6. The van der Waals surface area contributed by atoms with Gasteiger partial charge in [0.15, 0.2) is 0 Å². The highest BCUT2D eigenvalue weighted by atomic mass is 32.2. The normalized spacial score (nSPS) is 15.5. The first-order valence-corrected chi connectivity index (χ1v) is 22.5. The molecule has 0 saturated heterocycles. The topological polar surface area (TPSA) is 76.3 Å². The maximum absolute atomic E-state index is 13.0. The molecule has 1 aliphatic carbocycles. The zero-order chi connectivity index (χ0) is 43.0. The predicted molar refractivity (Wildman–Crippen MR) is 246 cm³/mol. The molecule has 6 nitrogen and oxygen atoms in total. The van der Waals surface area contributed by atoms with Crippen molar-refractivity contribution in [2.24, 2.45) is 5.92 Å². The fourth-order valence-corrected chi connectivity index (χ4v) is 9.88. The van der Waals surface area contributed by atoms with Gasteiger partial charge in [-0.05, 0) is 109 Å². The van der Waals surface area contributed by atoms with Gasteiger partial charge in [-0.3, -0.25) is 4.55 Å². The molecule has 0 bridgehead atoms. The van der Waals surface area contributed by atoms with Crippen molar-refractivity contribution in [3.8, 4) is 5.69 Å². The molecular weight excluding hydrogens is 804 g/mol. The van der Waals surface area contributed by atoms with Crippen LogP contribution in [0.2, 0.25) is 0 Å². The highest BCUT2D eigenvalue weighted by Gasteiger charge is 2.30.